The predicted octanol–water partition coefficient (Wildman–Crippen LogP) is 7.58. The van der Waals surface area contributed by atoms with Crippen molar-refractivity contribution in [1.82, 2.24) is 0 Å². The van der Waals surface area contributed by atoms with Crippen LogP contribution < -0.4 is 0 Å². The Morgan fingerprint density at radius 1 is 0.611 bits per heavy atom. The maximum Gasteiger partial charge on any atom is 0.334 e. The third-order valence-electron chi connectivity index (χ3n) is 6.91. The van der Waals surface area contributed by atoms with Crippen molar-refractivity contribution in [2.24, 2.45) is 17.8 Å². The van der Waals surface area contributed by atoms with Gasteiger partial charge in [0.05, 0.1) is 31.8 Å². The van der Waals surface area contributed by atoms with E-state index in [0.717, 1.165) is 83.1 Å². The van der Waals surface area contributed by atoms with Crippen LogP contribution in [0.1, 0.15) is 125 Å². The van der Waals surface area contributed by atoms with E-state index in [4.69, 9.17) is 14.2 Å². The summed E-state index contributed by atoms with van der Waals surface area (Å²) < 4.78 is 16.4. The number of ether oxygens (including phenoxy) is 3. The Morgan fingerprint density at radius 3 is 1.44 bits per heavy atom. The fourth-order valence-corrected chi connectivity index (χ4v) is 3.96. The van der Waals surface area contributed by atoms with Gasteiger partial charge in [-0.25, -0.2) is 9.59 Å². The molecule has 0 aliphatic heterocycles. The van der Waals surface area contributed by atoms with Gasteiger partial charge >= 0.3 is 17.9 Å². The van der Waals surface area contributed by atoms with Gasteiger partial charge in [0.2, 0.25) is 0 Å². The first kappa shape index (κ1) is 34.1. The van der Waals surface area contributed by atoms with Gasteiger partial charge in [0.15, 0.2) is 0 Å². The first-order valence-corrected chi connectivity index (χ1v) is 14.5. The van der Waals surface area contributed by atoms with Crippen LogP contribution in [0.25, 0.3) is 0 Å². The Labute approximate surface area is 220 Å². The molecule has 0 aliphatic rings. The lowest BCUT2D eigenvalue weighted by molar-refractivity contribution is -0.148. The van der Waals surface area contributed by atoms with E-state index < -0.39 is 17.9 Å². The lowest BCUT2D eigenvalue weighted by Crippen LogP contribution is -2.21. The second-order valence-electron chi connectivity index (χ2n) is 10.0. The van der Waals surface area contributed by atoms with Crippen LogP contribution >= 0.6 is 0 Å². The molecule has 0 rings (SSSR count). The van der Waals surface area contributed by atoms with E-state index in [1.165, 1.54) is 0 Å². The lowest BCUT2D eigenvalue weighted by Gasteiger charge is -2.17. The zero-order valence-corrected chi connectivity index (χ0v) is 24.1. The van der Waals surface area contributed by atoms with Crippen LogP contribution in [0, 0.1) is 17.8 Å². The molecule has 0 unspecified atom stereocenters. The van der Waals surface area contributed by atoms with Crippen LogP contribution in [-0.4, -0.2) is 37.7 Å². The minimum atomic E-state index is -0.644. The van der Waals surface area contributed by atoms with Gasteiger partial charge in [-0.15, -0.1) is 0 Å². The van der Waals surface area contributed by atoms with E-state index in [-0.39, 0.29) is 24.5 Å². The molecule has 0 spiro atoms. The van der Waals surface area contributed by atoms with Gasteiger partial charge in [0.25, 0.3) is 0 Å². The number of carbonyl (C=O) groups is 3. The van der Waals surface area contributed by atoms with Gasteiger partial charge in [0.1, 0.15) is 0 Å². The Bertz CT molecular complexity index is 627. The van der Waals surface area contributed by atoms with Crippen LogP contribution in [0.5, 0.6) is 0 Å². The first-order chi connectivity index (χ1) is 17.3. The molecule has 0 aromatic rings. The van der Waals surface area contributed by atoms with Crippen molar-refractivity contribution >= 4 is 17.9 Å². The summed E-state index contributed by atoms with van der Waals surface area (Å²) in [6.07, 6.45) is 13.1. The van der Waals surface area contributed by atoms with E-state index >= 15 is 0 Å². The number of hydrogen-bond donors (Lipinski definition) is 0. The number of carbonyl (C=O) groups excluding carboxylic acids is 3. The van der Waals surface area contributed by atoms with E-state index in [9.17, 15) is 14.4 Å². The molecule has 0 heterocycles. The normalized spacial score (nSPS) is 14.1. The SMILES string of the molecule is CCCC[C@@H](CC)COC(=O)C/C(=C/C(=O)OC[C@@H](CC)CCCC)C(=O)OC[C@@H](CC)CCCC. The third-order valence-corrected chi connectivity index (χ3v) is 6.91. The highest BCUT2D eigenvalue weighted by Crippen LogP contribution is 2.17. The maximum absolute atomic E-state index is 12.9. The van der Waals surface area contributed by atoms with Crippen LogP contribution in [0.2, 0.25) is 0 Å². The molecule has 6 nitrogen and oxygen atoms in total. The van der Waals surface area contributed by atoms with Crippen molar-refractivity contribution in [2.75, 3.05) is 19.8 Å². The molecule has 0 bridgehead atoms. The average molecular weight is 511 g/mol. The summed E-state index contributed by atoms with van der Waals surface area (Å²) in [4.78, 5) is 38.0. The van der Waals surface area contributed by atoms with E-state index in [0.29, 0.717) is 25.0 Å². The Hall–Kier alpha value is -1.85. The molecule has 0 saturated carbocycles. The molecular weight excluding hydrogens is 456 g/mol. The smallest absolute Gasteiger partial charge is 0.334 e. The molecule has 0 amide bonds. The third kappa shape index (κ3) is 16.8. The molecule has 0 aromatic heterocycles. The maximum atomic E-state index is 12.9. The van der Waals surface area contributed by atoms with E-state index in [2.05, 4.69) is 41.5 Å². The zero-order valence-electron chi connectivity index (χ0n) is 24.1. The average Bonchev–Trinajstić information content (AvgIpc) is 2.88. The molecule has 0 fully saturated rings. The predicted molar refractivity (Wildman–Crippen MR) is 145 cm³/mol. The van der Waals surface area contributed by atoms with Gasteiger partial charge in [-0.2, -0.15) is 0 Å². The van der Waals surface area contributed by atoms with Gasteiger partial charge in [-0.1, -0.05) is 99.3 Å². The topological polar surface area (TPSA) is 78.9 Å². The van der Waals surface area contributed by atoms with Gasteiger partial charge < -0.3 is 14.2 Å². The molecular formula is C30H54O6. The van der Waals surface area contributed by atoms with Crippen molar-refractivity contribution < 1.29 is 28.6 Å². The number of rotatable bonds is 22. The Kier molecular flexibility index (Phi) is 21.2. The standard InChI is InChI=1S/C30H54O6/c1-7-13-16-24(10-4)21-34-28(31)19-27(30(33)36-23-26(12-6)18-15-9-3)20-29(32)35-22-25(11-5)17-14-8-2/h19,24-26H,7-18,20-23H2,1-6H3/b27-19-/t24-,25+,26-/m0/s1. The summed E-state index contributed by atoms with van der Waals surface area (Å²) in [6.45, 7) is 13.6. The van der Waals surface area contributed by atoms with Crippen LogP contribution in [0.3, 0.4) is 0 Å². The second kappa shape index (κ2) is 22.4. The molecule has 0 aromatic carbocycles. The fourth-order valence-electron chi connectivity index (χ4n) is 3.96. The first-order valence-electron chi connectivity index (χ1n) is 14.5. The Morgan fingerprint density at radius 2 is 1.03 bits per heavy atom. The zero-order chi connectivity index (χ0) is 27.2. The van der Waals surface area contributed by atoms with E-state index in [1.54, 1.807) is 0 Å². The second-order valence-corrected chi connectivity index (χ2v) is 10.0. The highest BCUT2D eigenvalue weighted by atomic mass is 16.5. The molecule has 0 radical (unpaired) electrons. The number of hydrogen-bond acceptors (Lipinski definition) is 6. The highest BCUT2D eigenvalue weighted by Gasteiger charge is 2.21. The summed E-state index contributed by atoms with van der Waals surface area (Å²) in [5, 5.41) is 0. The molecule has 6 heteroatoms. The van der Waals surface area contributed by atoms with Crippen LogP contribution in [0.4, 0.5) is 0 Å². The van der Waals surface area contributed by atoms with Crippen molar-refractivity contribution in [3.63, 3.8) is 0 Å². The summed E-state index contributed by atoms with van der Waals surface area (Å²) in [5.41, 5.74) is -0.00134. The van der Waals surface area contributed by atoms with Crippen molar-refractivity contribution in [2.45, 2.75) is 125 Å². The summed E-state index contributed by atoms with van der Waals surface area (Å²) in [5.74, 6) is -0.918. The minimum Gasteiger partial charge on any atom is -0.465 e. The summed E-state index contributed by atoms with van der Waals surface area (Å²) in [7, 11) is 0. The monoisotopic (exact) mass is 510 g/mol. The van der Waals surface area contributed by atoms with E-state index in [1.807, 2.05) is 0 Å². The molecule has 0 saturated heterocycles. The lowest BCUT2D eigenvalue weighted by atomic mass is 10.0. The number of unbranched alkanes of at least 4 members (excludes halogenated alkanes) is 3. The van der Waals surface area contributed by atoms with Crippen LogP contribution in [-0.2, 0) is 28.6 Å². The molecule has 3 atom stereocenters. The van der Waals surface area contributed by atoms with Crippen molar-refractivity contribution in [3.05, 3.63) is 11.6 Å². The molecule has 0 N–H and O–H groups in total. The largest absolute Gasteiger partial charge is 0.465 e. The van der Waals surface area contributed by atoms with Crippen molar-refractivity contribution in [3.8, 4) is 0 Å². The van der Waals surface area contributed by atoms with Crippen molar-refractivity contribution in [1.29, 1.82) is 0 Å². The Balaban J connectivity index is 5.23. The van der Waals surface area contributed by atoms with Gasteiger partial charge in [-0.3, -0.25) is 4.79 Å². The van der Waals surface area contributed by atoms with Crippen LogP contribution in [0.15, 0.2) is 11.6 Å². The molecule has 210 valence electrons. The minimum absolute atomic E-state index is 0.00134. The fraction of sp³-hybridized carbons (Fsp3) is 0.833. The quantitative estimate of drug-likeness (QED) is 0.0848. The van der Waals surface area contributed by atoms with Gasteiger partial charge in [-0.05, 0) is 37.0 Å². The summed E-state index contributed by atoms with van der Waals surface area (Å²) in [6, 6.07) is 0. The summed E-state index contributed by atoms with van der Waals surface area (Å²) >= 11 is 0. The highest BCUT2D eigenvalue weighted by molar-refractivity contribution is 5.99. The molecule has 0 aliphatic carbocycles. The van der Waals surface area contributed by atoms with Gasteiger partial charge in [0, 0.05) is 6.08 Å². The number of esters is 3. The molecule has 36 heavy (non-hydrogen) atoms.